The Morgan fingerprint density at radius 1 is 0.553 bits per heavy atom. The zero-order chi connectivity index (χ0) is 24.8. The SMILES string of the molecule is c1ccc(C2Nc3ccccc3N2c2cccc3c2-c2cccc4c2c-3cc2oc3ccccc3c24)cc1. The number of para-hydroxylation sites is 3. The number of fused-ring (bicyclic) bond motifs is 8. The van der Waals surface area contributed by atoms with Crippen LogP contribution in [0.5, 0.6) is 0 Å². The highest BCUT2D eigenvalue weighted by Gasteiger charge is 2.35. The van der Waals surface area contributed by atoms with Crippen molar-refractivity contribution >= 4 is 49.8 Å². The lowest BCUT2D eigenvalue weighted by molar-refractivity contribution is 0.669. The number of nitrogens with one attached hydrogen (secondary N) is 1. The molecule has 0 amide bonds. The van der Waals surface area contributed by atoms with E-state index in [0.717, 1.165) is 16.9 Å². The van der Waals surface area contributed by atoms with Crippen LogP contribution >= 0.6 is 0 Å². The minimum Gasteiger partial charge on any atom is -0.456 e. The van der Waals surface area contributed by atoms with Gasteiger partial charge < -0.3 is 14.6 Å². The van der Waals surface area contributed by atoms with Crippen LogP contribution in [-0.2, 0) is 0 Å². The minimum atomic E-state index is 0.00299. The van der Waals surface area contributed by atoms with E-state index in [9.17, 15) is 0 Å². The molecule has 1 aliphatic heterocycles. The fraction of sp³-hybridized carbons (Fsp3) is 0.0286. The van der Waals surface area contributed by atoms with Crippen LogP contribution in [0.2, 0.25) is 0 Å². The molecule has 1 atom stereocenters. The third-order valence-electron chi connectivity index (χ3n) is 8.19. The van der Waals surface area contributed by atoms with Crippen LogP contribution in [0, 0.1) is 0 Å². The molecule has 38 heavy (non-hydrogen) atoms. The normalized spacial score (nSPS) is 15.3. The Hall–Kier alpha value is -5.02. The lowest BCUT2D eigenvalue weighted by atomic mass is 9.98. The van der Waals surface area contributed by atoms with Gasteiger partial charge in [-0.05, 0) is 63.4 Å². The van der Waals surface area contributed by atoms with E-state index in [4.69, 9.17) is 4.42 Å². The summed E-state index contributed by atoms with van der Waals surface area (Å²) in [5.41, 5.74) is 11.7. The molecule has 1 aliphatic carbocycles. The molecular weight excluding hydrogens is 464 g/mol. The fourth-order valence-electron chi connectivity index (χ4n) is 6.66. The molecule has 0 bridgehead atoms. The summed E-state index contributed by atoms with van der Waals surface area (Å²) >= 11 is 0. The van der Waals surface area contributed by atoms with Crippen LogP contribution in [0.25, 0.3) is 55.0 Å². The predicted molar refractivity (Wildman–Crippen MR) is 157 cm³/mol. The van der Waals surface area contributed by atoms with Gasteiger partial charge in [-0.15, -0.1) is 0 Å². The molecule has 3 heteroatoms. The van der Waals surface area contributed by atoms with Gasteiger partial charge in [0.15, 0.2) is 0 Å². The molecule has 3 nitrogen and oxygen atoms in total. The van der Waals surface area contributed by atoms with Crippen molar-refractivity contribution in [1.82, 2.24) is 0 Å². The van der Waals surface area contributed by atoms with Crippen LogP contribution in [0.3, 0.4) is 0 Å². The largest absolute Gasteiger partial charge is 0.456 e. The quantitative estimate of drug-likeness (QED) is 0.264. The van der Waals surface area contributed by atoms with E-state index in [1.807, 2.05) is 6.07 Å². The number of rotatable bonds is 2. The standard InChI is InChI=1S/C35H22N2O/c1-2-10-21(11-3-1)35-36-27-16-5-6-17-28(27)37(35)29-18-9-13-22-26-20-31-34(23-12-4-7-19-30(23)38-31)25-15-8-14-24(32(25)26)33(22)29/h1-20,35-36H. The highest BCUT2D eigenvalue weighted by Crippen LogP contribution is 2.57. The molecule has 1 N–H and O–H groups in total. The second kappa shape index (κ2) is 7.27. The number of anilines is 3. The summed E-state index contributed by atoms with van der Waals surface area (Å²) in [6, 6.07) is 43.4. The van der Waals surface area contributed by atoms with E-state index in [1.54, 1.807) is 0 Å². The Balaban J connectivity index is 1.35. The van der Waals surface area contributed by atoms with Gasteiger partial charge >= 0.3 is 0 Å². The molecule has 2 heterocycles. The second-order valence-electron chi connectivity index (χ2n) is 10.2. The molecule has 9 rings (SSSR count). The molecule has 178 valence electrons. The van der Waals surface area contributed by atoms with Gasteiger partial charge in [-0.2, -0.15) is 0 Å². The van der Waals surface area contributed by atoms with Crippen molar-refractivity contribution in [3.05, 3.63) is 127 Å². The molecule has 1 aromatic heterocycles. The first-order valence-corrected chi connectivity index (χ1v) is 13.1. The van der Waals surface area contributed by atoms with Gasteiger partial charge in [0.2, 0.25) is 0 Å². The monoisotopic (exact) mass is 486 g/mol. The predicted octanol–water partition coefficient (Wildman–Crippen LogP) is 9.65. The lowest BCUT2D eigenvalue weighted by Crippen LogP contribution is -2.23. The smallest absolute Gasteiger partial charge is 0.136 e. The van der Waals surface area contributed by atoms with Gasteiger partial charge in [0.25, 0.3) is 0 Å². The van der Waals surface area contributed by atoms with E-state index in [2.05, 4.69) is 125 Å². The summed E-state index contributed by atoms with van der Waals surface area (Å²) in [6.07, 6.45) is 0.00299. The number of hydrogen-bond acceptors (Lipinski definition) is 3. The maximum absolute atomic E-state index is 6.37. The molecule has 6 aromatic carbocycles. The second-order valence-corrected chi connectivity index (χ2v) is 10.2. The average molecular weight is 487 g/mol. The lowest BCUT2D eigenvalue weighted by Gasteiger charge is -2.29. The Bertz CT molecular complexity index is 2070. The van der Waals surface area contributed by atoms with E-state index in [0.29, 0.717) is 0 Å². The summed E-state index contributed by atoms with van der Waals surface area (Å²) in [5, 5.41) is 8.72. The first kappa shape index (κ1) is 20.1. The van der Waals surface area contributed by atoms with Crippen molar-refractivity contribution < 1.29 is 4.42 Å². The minimum absolute atomic E-state index is 0.00299. The van der Waals surface area contributed by atoms with Gasteiger partial charge in [0.1, 0.15) is 17.3 Å². The molecule has 0 saturated heterocycles. The summed E-state index contributed by atoms with van der Waals surface area (Å²) < 4.78 is 6.37. The topological polar surface area (TPSA) is 28.4 Å². The van der Waals surface area contributed by atoms with Crippen LogP contribution in [0.1, 0.15) is 11.7 Å². The van der Waals surface area contributed by atoms with Crippen molar-refractivity contribution in [3.8, 4) is 22.3 Å². The summed E-state index contributed by atoms with van der Waals surface area (Å²) in [4.78, 5) is 2.47. The Kier molecular flexibility index (Phi) is 3.84. The van der Waals surface area contributed by atoms with Crippen LogP contribution in [0.4, 0.5) is 17.1 Å². The molecule has 2 aliphatic rings. The molecule has 0 fully saturated rings. The van der Waals surface area contributed by atoms with Crippen molar-refractivity contribution in [3.63, 3.8) is 0 Å². The van der Waals surface area contributed by atoms with Gasteiger partial charge in [-0.25, -0.2) is 0 Å². The fourth-order valence-corrected chi connectivity index (χ4v) is 6.66. The van der Waals surface area contributed by atoms with E-state index in [-0.39, 0.29) is 6.17 Å². The van der Waals surface area contributed by atoms with Crippen molar-refractivity contribution in [2.75, 3.05) is 10.2 Å². The molecule has 0 spiro atoms. The molecule has 0 saturated carbocycles. The number of nitrogens with zero attached hydrogens (tertiary/aromatic N) is 1. The summed E-state index contributed by atoms with van der Waals surface area (Å²) in [6.45, 7) is 0. The Morgan fingerprint density at radius 3 is 2.24 bits per heavy atom. The van der Waals surface area contributed by atoms with Crippen LogP contribution < -0.4 is 10.2 Å². The van der Waals surface area contributed by atoms with Gasteiger partial charge in [-0.1, -0.05) is 91.0 Å². The maximum atomic E-state index is 6.37. The zero-order valence-corrected chi connectivity index (χ0v) is 20.5. The van der Waals surface area contributed by atoms with Crippen molar-refractivity contribution in [1.29, 1.82) is 0 Å². The average Bonchev–Trinajstić information content (AvgIpc) is 3.65. The van der Waals surface area contributed by atoms with Crippen LogP contribution in [0.15, 0.2) is 126 Å². The van der Waals surface area contributed by atoms with Crippen molar-refractivity contribution in [2.24, 2.45) is 0 Å². The van der Waals surface area contributed by atoms with E-state index < -0.39 is 0 Å². The highest BCUT2D eigenvalue weighted by atomic mass is 16.3. The van der Waals surface area contributed by atoms with Gasteiger partial charge in [-0.3, -0.25) is 0 Å². The van der Waals surface area contributed by atoms with Gasteiger partial charge in [0, 0.05) is 16.3 Å². The summed E-state index contributed by atoms with van der Waals surface area (Å²) in [5.74, 6) is 0. The highest BCUT2D eigenvalue weighted by molar-refractivity contribution is 6.29. The molecular formula is C35H22N2O. The third-order valence-corrected chi connectivity index (χ3v) is 8.19. The molecule has 7 aromatic rings. The first-order valence-electron chi connectivity index (χ1n) is 13.1. The Morgan fingerprint density at radius 2 is 1.29 bits per heavy atom. The maximum Gasteiger partial charge on any atom is 0.136 e. The number of furan rings is 1. The zero-order valence-electron chi connectivity index (χ0n) is 20.5. The third kappa shape index (κ3) is 2.53. The molecule has 1 unspecified atom stereocenters. The van der Waals surface area contributed by atoms with Gasteiger partial charge in [0.05, 0.1) is 17.1 Å². The number of benzene rings is 6. The number of hydrogen-bond donors (Lipinski definition) is 1. The van der Waals surface area contributed by atoms with E-state index >= 15 is 0 Å². The Labute approximate surface area is 219 Å². The van der Waals surface area contributed by atoms with Crippen molar-refractivity contribution in [2.45, 2.75) is 6.17 Å². The first-order chi connectivity index (χ1) is 18.9. The van der Waals surface area contributed by atoms with E-state index in [1.165, 1.54) is 60.7 Å². The molecule has 0 radical (unpaired) electrons. The summed E-state index contributed by atoms with van der Waals surface area (Å²) in [7, 11) is 0. The van der Waals surface area contributed by atoms with Crippen LogP contribution in [-0.4, -0.2) is 0 Å².